The summed E-state index contributed by atoms with van der Waals surface area (Å²) in [7, 11) is 0. The summed E-state index contributed by atoms with van der Waals surface area (Å²) in [4.78, 5) is 4.37. The van der Waals surface area contributed by atoms with Crippen LogP contribution in [0.4, 0.5) is 5.69 Å². The molecule has 0 bridgehead atoms. The number of rotatable bonds is 2. The zero-order valence-electron chi connectivity index (χ0n) is 10.2. The van der Waals surface area contributed by atoms with Crippen molar-refractivity contribution in [3.05, 3.63) is 52.0 Å². The summed E-state index contributed by atoms with van der Waals surface area (Å²) in [5.41, 5.74) is 7.77. The normalized spacial score (nSPS) is 10.7. The second-order valence-electron chi connectivity index (χ2n) is 4.14. The van der Waals surface area contributed by atoms with Crippen molar-refractivity contribution in [3.8, 4) is 22.8 Å². The highest BCUT2D eigenvalue weighted by atomic mass is 79.9. The first-order valence-corrected chi connectivity index (χ1v) is 6.96. The van der Waals surface area contributed by atoms with Gasteiger partial charge in [0.15, 0.2) is 0 Å². The van der Waals surface area contributed by atoms with E-state index in [9.17, 15) is 0 Å². The van der Waals surface area contributed by atoms with Crippen LogP contribution < -0.4 is 5.73 Å². The summed E-state index contributed by atoms with van der Waals surface area (Å²) in [6.45, 7) is 0. The molecule has 6 heteroatoms. The zero-order valence-corrected chi connectivity index (χ0v) is 12.5. The van der Waals surface area contributed by atoms with Crippen LogP contribution in [0.1, 0.15) is 0 Å². The number of hydrogen-bond donors (Lipinski definition) is 1. The van der Waals surface area contributed by atoms with Crippen molar-refractivity contribution in [1.29, 1.82) is 0 Å². The number of anilines is 1. The number of halogens is 2. The van der Waals surface area contributed by atoms with Gasteiger partial charge in [0.25, 0.3) is 5.89 Å². The minimum atomic E-state index is 0.362. The van der Waals surface area contributed by atoms with Crippen LogP contribution in [0.3, 0.4) is 0 Å². The summed E-state index contributed by atoms with van der Waals surface area (Å²) in [5, 5.41) is 4.46. The van der Waals surface area contributed by atoms with E-state index in [0.29, 0.717) is 28.0 Å². The van der Waals surface area contributed by atoms with Crippen LogP contribution in [0, 0.1) is 0 Å². The second-order valence-corrected chi connectivity index (χ2v) is 5.40. The fourth-order valence-electron chi connectivity index (χ4n) is 1.79. The molecule has 0 fully saturated rings. The Hall–Kier alpha value is -1.85. The van der Waals surface area contributed by atoms with Gasteiger partial charge < -0.3 is 10.3 Å². The molecule has 0 unspecified atom stereocenters. The Bertz CT molecular complexity index is 773. The molecule has 1 aromatic heterocycles. The van der Waals surface area contributed by atoms with Gasteiger partial charge in [0.2, 0.25) is 5.82 Å². The highest BCUT2D eigenvalue weighted by Crippen LogP contribution is 2.31. The number of benzene rings is 2. The summed E-state index contributed by atoms with van der Waals surface area (Å²) < 4.78 is 6.17. The number of nitrogens with zero attached hydrogens (tertiary/aromatic N) is 2. The molecule has 3 rings (SSSR count). The topological polar surface area (TPSA) is 64.9 Å². The first-order valence-electron chi connectivity index (χ1n) is 5.79. The SMILES string of the molecule is Nc1ccc(-c2nc(-c3ccccc3Br)no2)c(Cl)c1. The summed E-state index contributed by atoms with van der Waals surface area (Å²) in [5.74, 6) is 0.862. The van der Waals surface area contributed by atoms with Gasteiger partial charge in [-0.05, 0) is 30.3 Å². The maximum absolute atomic E-state index is 6.13. The molecular formula is C14H9BrClN3O. The van der Waals surface area contributed by atoms with Crippen molar-refractivity contribution in [2.75, 3.05) is 5.73 Å². The van der Waals surface area contributed by atoms with E-state index in [0.717, 1.165) is 10.0 Å². The van der Waals surface area contributed by atoms with Crippen LogP contribution >= 0.6 is 27.5 Å². The van der Waals surface area contributed by atoms with E-state index in [1.54, 1.807) is 18.2 Å². The van der Waals surface area contributed by atoms with E-state index in [-0.39, 0.29) is 0 Å². The van der Waals surface area contributed by atoms with Gasteiger partial charge in [0.05, 0.1) is 10.6 Å². The fourth-order valence-corrected chi connectivity index (χ4v) is 2.52. The Balaban J connectivity index is 2.04. The summed E-state index contributed by atoms with van der Waals surface area (Å²) >= 11 is 9.59. The Labute approximate surface area is 128 Å². The van der Waals surface area contributed by atoms with Crippen LogP contribution in [0.5, 0.6) is 0 Å². The fraction of sp³-hybridized carbons (Fsp3) is 0. The lowest BCUT2D eigenvalue weighted by Crippen LogP contribution is -1.86. The van der Waals surface area contributed by atoms with E-state index in [1.807, 2.05) is 24.3 Å². The van der Waals surface area contributed by atoms with Crippen LogP contribution in [-0.2, 0) is 0 Å². The van der Waals surface area contributed by atoms with Gasteiger partial charge in [-0.3, -0.25) is 0 Å². The maximum atomic E-state index is 6.13. The highest BCUT2D eigenvalue weighted by molar-refractivity contribution is 9.10. The molecule has 0 aliphatic carbocycles. The smallest absolute Gasteiger partial charge is 0.259 e. The van der Waals surface area contributed by atoms with E-state index < -0.39 is 0 Å². The molecule has 20 heavy (non-hydrogen) atoms. The maximum Gasteiger partial charge on any atom is 0.259 e. The van der Waals surface area contributed by atoms with Crippen molar-refractivity contribution >= 4 is 33.2 Å². The van der Waals surface area contributed by atoms with Gasteiger partial charge in [-0.25, -0.2) is 0 Å². The van der Waals surface area contributed by atoms with Crippen molar-refractivity contribution in [2.45, 2.75) is 0 Å². The van der Waals surface area contributed by atoms with Crippen molar-refractivity contribution < 1.29 is 4.52 Å². The molecule has 0 saturated carbocycles. The third-order valence-electron chi connectivity index (χ3n) is 2.76. The molecule has 2 N–H and O–H groups in total. The lowest BCUT2D eigenvalue weighted by molar-refractivity contribution is 0.432. The Kier molecular flexibility index (Phi) is 3.46. The van der Waals surface area contributed by atoms with Crippen molar-refractivity contribution in [3.63, 3.8) is 0 Å². The second kappa shape index (κ2) is 5.26. The predicted molar refractivity (Wildman–Crippen MR) is 82.3 cm³/mol. The van der Waals surface area contributed by atoms with E-state index in [1.165, 1.54) is 0 Å². The number of hydrogen-bond acceptors (Lipinski definition) is 4. The lowest BCUT2D eigenvalue weighted by Gasteiger charge is -1.99. The Morgan fingerprint density at radius 2 is 1.90 bits per heavy atom. The predicted octanol–water partition coefficient (Wildman–Crippen LogP) is 4.40. The lowest BCUT2D eigenvalue weighted by atomic mass is 10.2. The standard InChI is InChI=1S/C14H9BrClN3O/c15-11-4-2-1-3-9(11)13-18-14(20-19-13)10-6-5-8(17)7-12(10)16/h1-7H,17H2. The van der Waals surface area contributed by atoms with Crippen LogP contribution in [0.2, 0.25) is 5.02 Å². The van der Waals surface area contributed by atoms with Gasteiger partial charge in [0, 0.05) is 15.7 Å². The molecule has 0 aliphatic rings. The Morgan fingerprint density at radius 3 is 2.65 bits per heavy atom. The van der Waals surface area contributed by atoms with Gasteiger partial charge in [-0.2, -0.15) is 4.98 Å². The van der Waals surface area contributed by atoms with Gasteiger partial charge in [0.1, 0.15) is 0 Å². The quantitative estimate of drug-likeness (QED) is 0.696. The molecule has 0 spiro atoms. The molecule has 2 aromatic carbocycles. The average molecular weight is 351 g/mol. The van der Waals surface area contributed by atoms with Crippen LogP contribution in [0.15, 0.2) is 51.5 Å². The third-order valence-corrected chi connectivity index (χ3v) is 3.77. The minimum absolute atomic E-state index is 0.362. The van der Waals surface area contributed by atoms with Gasteiger partial charge in [-0.1, -0.05) is 44.8 Å². The molecule has 0 atom stereocenters. The Morgan fingerprint density at radius 1 is 1.10 bits per heavy atom. The van der Waals surface area contributed by atoms with Crippen LogP contribution in [0.25, 0.3) is 22.8 Å². The van der Waals surface area contributed by atoms with E-state index in [4.69, 9.17) is 21.9 Å². The minimum Gasteiger partial charge on any atom is -0.399 e. The van der Waals surface area contributed by atoms with Crippen LogP contribution in [-0.4, -0.2) is 10.1 Å². The summed E-state index contributed by atoms with van der Waals surface area (Å²) in [6.07, 6.45) is 0. The first-order chi connectivity index (χ1) is 9.65. The molecule has 3 aromatic rings. The third kappa shape index (κ3) is 2.42. The number of nitrogen functional groups attached to an aromatic ring is 1. The van der Waals surface area contributed by atoms with E-state index >= 15 is 0 Å². The van der Waals surface area contributed by atoms with Crippen molar-refractivity contribution in [2.24, 2.45) is 0 Å². The number of aromatic nitrogens is 2. The first kappa shape index (κ1) is 13.1. The molecule has 0 aliphatic heterocycles. The highest BCUT2D eigenvalue weighted by Gasteiger charge is 2.14. The molecule has 1 heterocycles. The van der Waals surface area contributed by atoms with E-state index in [2.05, 4.69) is 26.1 Å². The zero-order chi connectivity index (χ0) is 14.1. The molecule has 0 radical (unpaired) electrons. The monoisotopic (exact) mass is 349 g/mol. The number of nitrogens with two attached hydrogens (primary N) is 1. The van der Waals surface area contributed by atoms with Gasteiger partial charge >= 0.3 is 0 Å². The molecule has 0 saturated heterocycles. The molecule has 4 nitrogen and oxygen atoms in total. The largest absolute Gasteiger partial charge is 0.399 e. The summed E-state index contributed by atoms with van der Waals surface area (Å²) in [6, 6.07) is 12.8. The van der Waals surface area contributed by atoms with Gasteiger partial charge in [-0.15, -0.1) is 0 Å². The molecule has 100 valence electrons. The van der Waals surface area contributed by atoms with Crippen molar-refractivity contribution in [1.82, 2.24) is 10.1 Å². The molecule has 0 amide bonds. The molecular weight excluding hydrogens is 342 g/mol. The average Bonchev–Trinajstić information content (AvgIpc) is 2.88.